The van der Waals surface area contributed by atoms with Gasteiger partial charge in [0.15, 0.2) is 0 Å². The highest BCUT2D eigenvalue weighted by atomic mass is 32.2. The van der Waals surface area contributed by atoms with E-state index in [0.717, 1.165) is 30.2 Å². The van der Waals surface area contributed by atoms with E-state index >= 15 is 0 Å². The summed E-state index contributed by atoms with van der Waals surface area (Å²) in [4.78, 5) is 0.0149. The Morgan fingerprint density at radius 3 is 2.35 bits per heavy atom. The molecule has 2 aromatic carbocycles. The lowest BCUT2D eigenvalue weighted by Gasteiger charge is -2.10. The fourth-order valence-corrected chi connectivity index (χ4v) is 3.30. The Bertz CT molecular complexity index is 685. The summed E-state index contributed by atoms with van der Waals surface area (Å²) in [6, 6.07) is 10.8. The molecule has 1 N–H and O–H groups in total. The second kappa shape index (κ2) is 6.37. The highest BCUT2D eigenvalue weighted by Crippen LogP contribution is 2.27. The molecule has 0 spiro atoms. The van der Waals surface area contributed by atoms with Crippen molar-refractivity contribution < 1.29 is 13.0 Å². The fourth-order valence-electron chi connectivity index (χ4n) is 2.55. The number of rotatable bonds is 6. The molecular formula is C16H20O3S. The molecule has 0 aromatic heterocycles. The molecule has 0 fully saturated rings. The number of benzene rings is 2. The van der Waals surface area contributed by atoms with E-state index < -0.39 is 10.1 Å². The average molecular weight is 292 g/mol. The molecule has 3 nitrogen and oxygen atoms in total. The van der Waals surface area contributed by atoms with Gasteiger partial charge in [0, 0.05) is 5.39 Å². The minimum Gasteiger partial charge on any atom is -0.282 e. The first-order chi connectivity index (χ1) is 9.54. The molecule has 0 saturated carbocycles. The number of aryl methyl sites for hydroxylation is 1. The van der Waals surface area contributed by atoms with Crippen LogP contribution in [0.3, 0.4) is 0 Å². The number of hydrogen-bond donors (Lipinski definition) is 1. The summed E-state index contributed by atoms with van der Waals surface area (Å²) in [6.07, 6.45) is 5.37. The molecule has 0 bridgehead atoms. The molecule has 0 aliphatic carbocycles. The van der Waals surface area contributed by atoms with E-state index in [4.69, 9.17) is 0 Å². The first-order valence-corrected chi connectivity index (χ1v) is 8.46. The predicted octanol–water partition coefficient (Wildman–Crippen LogP) is 4.21. The van der Waals surface area contributed by atoms with E-state index in [1.807, 2.05) is 24.3 Å². The summed E-state index contributed by atoms with van der Waals surface area (Å²) in [5.74, 6) is 0. The van der Waals surface area contributed by atoms with Crippen LogP contribution in [0.25, 0.3) is 10.8 Å². The number of unbranched alkanes of at least 4 members (excludes halogenated alkanes) is 3. The molecular weight excluding hydrogens is 272 g/mol. The van der Waals surface area contributed by atoms with Gasteiger partial charge >= 0.3 is 0 Å². The molecule has 0 heterocycles. The third-order valence-corrected chi connectivity index (χ3v) is 4.43. The molecule has 0 atom stereocenters. The second-order valence-corrected chi connectivity index (χ2v) is 6.45. The van der Waals surface area contributed by atoms with E-state index in [1.54, 1.807) is 6.07 Å². The molecule has 4 heteroatoms. The van der Waals surface area contributed by atoms with Crippen LogP contribution in [0.15, 0.2) is 41.3 Å². The van der Waals surface area contributed by atoms with Crippen LogP contribution in [0.5, 0.6) is 0 Å². The maximum absolute atomic E-state index is 11.5. The monoisotopic (exact) mass is 292 g/mol. The van der Waals surface area contributed by atoms with Gasteiger partial charge in [-0.3, -0.25) is 4.55 Å². The van der Waals surface area contributed by atoms with Gasteiger partial charge in [0.05, 0.1) is 0 Å². The molecule has 108 valence electrons. The summed E-state index contributed by atoms with van der Waals surface area (Å²) < 4.78 is 32.5. The van der Waals surface area contributed by atoms with Gasteiger partial charge in [0.2, 0.25) is 0 Å². The zero-order chi connectivity index (χ0) is 14.6. The van der Waals surface area contributed by atoms with Crippen LogP contribution in [0.1, 0.15) is 38.2 Å². The topological polar surface area (TPSA) is 54.4 Å². The lowest BCUT2D eigenvalue weighted by Crippen LogP contribution is -2.01. The number of hydrogen-bond acceptors (Lipinski definition) is 2. The Morgan fingerprint density at radius 1 is 1.00 bits per heavy atom. The van der Waals surface area contributed by atoms with Crippen LogP contribution in [0.4, 0.5) is 0 Å². The van der Waals surface area contributed by atoms with Gasteiger partial charge in [-0.2, -0.15) is 8.42 Å². The van der Waals surface area contributed by atoms with E-state index in [9.17, 15) is 13.0 Å². The maximum atomic E-state index is 11.5. The SMILES string of the molecule is CCCCCCc1cccc2cccc(S(=O)(=O)O)c12. The molecule has 0 saturated heterocycles. The normalized spacial score (nSPS) is 11.9. The standard InChI is InChI=1S/C16H20O3S/c1-2-3-4-5-8-13-9-6-10-14-11-7-12-15(16(13)14)20(17,18)19/h6-7,9-12H,2-5,8H2,1H3,(H,17,18,19). The summed E-state index contributed by atoms with van der Waals surface area (Å²) in [5, 5.41) is 1.52. The maximum Gasteiger partial charge on any atom is 0.295 e. The Kier molecular flexibility index (Phi) is 4.78. The smallest absolute Gasteiger partial charge is 0.282 e. The van der Waals surface area contributed by atoms with E-state index in [2.05, 4.69) is 6.92 Å². The summed E-state index contributed by atoms with van der Waals surface area (Å²) in [5.41, 5.74) is 0.992. The molecule has 0 radical (unpaired) electrons. The summed E-state index contributed by atoms with van der Waals surface area (Å²) >= 11 is 0. The third kappa shape index (κ3) is 3.38. The van der Waals surface area contributed by atoms with Gasteiger partial charge in [-0.1, -0.05) is 56.5 Å². The van der Waals surface area contributed by atoms with Gasteiger partial charge in [0.1, 0.15) is 4.90 Å². The van der Waals surface area contributed by atoms with E-state index in [1.165, 1.54) is 18.9 Å². The highest BCUT2D eigenvalue weighted by molar-refractivity contribution is 7.86. The first-order valence-electron chi connectivity index (χ1n) is 7.02. The van der Waals surface area contributed by atoms with E-state index in [-0.39, 0.29) is 4.90 Å². The van der Waals surface area contributed by atoms with Crippen molar-refractivity contribution >= 4 is 20.9 Å². The quantitative estimate of drug-likeness (QED) is 0.641. The molecule has 2 aromatic rings. The first kappa shape index (κ1) is 15.0. The van der Waals surface area contributed by atoms with Crippen LogP contribution in [-0.4, -0.2) is 13.0 Å². The Morgan fingerprint density at radius 2 is 1.70 bits per heavy atom. The number of fused-ring (bicyclic) bond motifs is 1. The fraction of sp³-hybridized carbons (Fsp3) is 0.375. The highest BCUT2D eigenvalue weighted by Gasteiger charge is 2.15. The van der Waals surface area contributed by atoms with Crippen molar-refractivity contribution in [2.75, 3.05) is 0 Å². The van der Waals surface area contributed by atoms with Crippen LogP contribution < -0.4 is 0 Å². The van der Waals surface area contributed by atoms with Gasteiger partial charge < -0.3 is 0 Å². The van der Waals surface area contributed by atoms with Crippen molar-refractivity contribution in [2.24, 2.45) is 0 Å². The van der Waals surface area contributed by atoms with E-state index in [0.29, 0.717) is 5.39 Å². The van der Waals surface area contributed by atoms with Crippen LogP contribution in [0.2, 0.25) is 0 Å². The lowest BCUT2D eigenvalue weighted by atomic mass is 9.99. The molecule has 0 amide bonds. The van der Waals surface area contributed by atoms with Crippen LogP contribution >= 0.6 is 0 Å². The largest absolute Gasteiger partial charge is 0.295 e. The van der Waals surface area contributed by atoms with Crippen LogP contribution in [-0.2, 0) is 16.5 Å². The Hall–Kier alpha value is -1.39. The summed E-state index contributed by atoms with van der Waals surface area (Å²) in [7, 11) is -4.19. The van der Waals surface area contributed by atoms with Crippen molar-refractivity contribution in [1.29, 1.82) is 0 Å². The minimum atomic E-state index is -4.19. The van der Waals surface area contributed by atoms with Crippen molar-refractivity contribution in [3.05, 3.63) is 42.0 Å². The molecule has 20 heavy (non-hydrogen) atoms. The second-order valence-electron chi connectivity index (χ2n) is 5.06. The van der Waals surface area contributed by atoms with Crippen molar-refractivity contribution in [3.8, 4) is 0 Å². The van der Waals surface area contributed by atoms with Gasteiger partial charge in [-0.15, -0.1) is 0 Å². The third-order valence-electron chi connectivity index (χ3n) is 3.53. The minimum absolute atomic E-state index is 0.0149. The molecule has 0 unspecified atom stereocenters. The Balaban J connectivity index is 2.44. The Labute approximate surface area is 120 Å². The zero-order valence-corrected chi connectivity index (χ0v) is 12.5. The zero-order valence-electron chi connectivity index (χ0n) is 11.7. The van der Waals surface area contributed by atoms with Gasteiger partial charge in [-0.25, -0.2) is 0 Å². The molecule has 0 aliphatic rings. The van der Waals surface area contributed by atoms with Crippen molar-refractivity contribution in [3.63, 3.8) is 0 Å². The van der Waals surface area contributed by atoms with Crippen molar-refractivity contribution in [1.82, 2.24) is 0 Å². The van der Waals surface area contributed by atoms with Gasteiger partial charge in [0.25, 0.3) is 10.1 Å². The van der Waals surface area contributed by atoms with Crippen LogP contribution in [0, 0.1) is 0 Å². The average Bonchev–Trinajstić information content (AvgIpc) is 2.42. The van der Waals surface area contributed by atoms with Crippen molar-refractivity contribution in [2.45, 2.75) is 43.9 Å². The summed E-state index contributed by atoms with van der Waals surface area (Å²) in [6.45, 7) is 2.16. The predicted molar refractivity (Wildman–Crippen MR) is 81.6 cm³/mol. The van der Waals surface area contributed by atoms with Gasteiger partial charge in [-0.05, 0) is 29.9 Å². The molecule has 0 aliphatic heterocycles. The molecule has 2 rings (SSSR count). The lowest BCUT2D eigenvalue weighted by molar-refractivity contribution is 0.484.